The third-order valence-corrected chi connectivity index (χ3v) is 4.99. The summed E-state index contributed by atoms with van der Waals surface area (Å²) < 4.78 is 50.9. The second-order valence-electron chi connectivity index (χ2n) is 7.15. The van der Waals surface area contributed by atoms with Crippen molar-refractivity contribution in [1.82, 2.24) is 5.32 Å². The molecule has 1 aromatic heterocycles. The first-order valence-electron chi connectivity index (χ1n) is 9.88. The largest absolute Gasteiger partial charge is 0.573 e. The van der Waals surface area contributed by atoms with Crippen molar-refractivity contribution in [3.8, 4) is 11.5 Å². The number of amides is 1. The van der Waals surface area contributed by atoms with Crippen LogP contribution in [0.1, 0.15) is 23.1 Å². The molecule has 3 rings (SSSR count). The third kappa shape index (κ3) is 6.03. The molecule has 1 amide bonds. The summed E-state index contributed by atoms with van der Waals surface area (Å²) in [6, 6.07) is 10.7. The van der Waals surface area contributed by atoms with Crippen LogP contribution >= 0.6 is 0 Å². The van der Waals surface area contributed by atoms with Gasteiger partial charge >= 0.3 is 12.0 Å². The maximum atomic E-state index is 12.4. The lowest BCUT2D eigenvalue weighted by Gasteiger charge is -2.10. The van der Waals surface area contributed by atoms with Gasteiger partial charge in [0.15, 0.2) is 0 Å². The van der Waals surface area contributed by atoms with E-state index in [4.69, 9.17) is 9.15 Å². The number of fused-ring (bicyclic) bond motifs is 1. The van der Waals surface area contributed by atoms with Crippen LogP contribution in [-0.4, -0.2) is 25.9 Å². The third-order valence-electron chi connectivity index (χ3n) is 4.99. The second-order valence-corrected chi connectivity index (χ2v) is 7.15. The first-order chi connectivity index (χ1) is 15.2. The number of hydrogen-bond donors (Lipinski definition) is 1. The number of benzene rings is 2. The summed E-state index contributed by atoms with van der Waals surface area (Å²) in [5.41, 5.74) is 1.89. The van der Waals surface area contributed by atoms with Crippen molar-refractivity contribution in [2.45, 2.75) is 32.5 Å². The van der Waals surface area contributed by atoms with Crippen molar-refractivity contribution in [3.05, 3.63) is 69.6 Å². The molecule has 2 aromatic carbocycles. The number of rotatable bonds is 8. The number of halogens is 3. The summed E-state index contributed by atoms with van der Waals surface area (Å²) in [4.78, 5) is 24.5. The van der Waals surface area contributed by atoms with Gasteiger partial charge in [-0.15, -0.1) is 13.2 Å². The van der Waals surface area contributed by atoms with E-state index >= 15 is 0 Å². The minimum Gasteiger partial charge on any atom is -0.497 e. The molecule has 0 bridgehead atoms. The Morgan fingerprint density at radius 2 is 1.75 bits per heavy atom. The Bertz CT molecular complexity index is 1150. The highest BCUT2D eigenvalue weighted by Crippen LogP contribution is 2.25. The molecule has 0 aliphatic carbocycles. The van der Waals surface area contributed by atoms with Crippen molar-refractivity contribution >= 4 is 16.9 Å². The molecular formula is C23H22F3NO5. The first-order valence-corrected chi connectivity index (χ1v) is 9.88. The molecule has 0 saturated carbocycles. The summed E-state index contributed by atoms with van der Waals surface area (Å²) in [7, 11) is 1.52. The Balaban J connectivity index is 1.53. The van der Waals surface area contributed by atoms with Crippen LogP contribution in [0.3, 0.4) is 0 Å². The van der Waals surface area contributed by atoms with Crippen LogP contribution in [0.15, 0.2) is 51.7 Å². The van der Waals surface area contributed by atoms with E-state index in [0.29, 0.717) is 29.9 Å². The predicted molar refractivity (Wildman–Crippen MR) is 112 cm³/mol. The molecule has 0 radical (unpaired) electrons. The molecule has 9 heteroatoms. The number of methoxy groups -OCH3 is 1. The highest BCUT2D eigenvalue weighted by molar-refractivity contribution is 5.82. The van der Waals surface area contributed by atoms with Crippen LogP contribution in [-0.2, 0) is 17.6 Å². The van der Waals surface area contributed by atoms with Crippen molar-refractivity contribution in [1.29, 1.82) is 0 Å². The van der Waals surface area contributed by atoms with Crippen LogP contribution < -0.4 is 20.4 Å². The zero-order chi connectivity index (χ0) is 23.3. The van der Waals surface area contributed by atoms with Gasteiger partial charge in [0.25, 0.3) is 0 Å². The number of alkyl halides is 3. The second kappa shape index (κ2) is 9.76. The average molecular weight is 449 g/mol. The van der Waals surface area contributed by atoms with E-state index in [9.17, 15) is 22.8 Å². The molecular weight excluding hydrogens is 427 g/mol. The molecule has 0 saturated heterocycles. The summed E-state index contributed by atoms with van der Waals surface area (Å²) in [6.45, 7) is 2.12. The smallest absolute Gasteiger partial charge is 0.497 e. The lowest BCUT2D eigenvalue weighted by Crippen LogP contribution is -2.26. The number of aryl methyl sites for hydroxylation is 1. The molecule has 32 heavy (non-hydrogen) atoms. The first kappa shape index (κ1) is 23.2. The van der Waals surface area contributed by atoms with Crippen molar-refractivity contribution in [3.63, 3.8) is 0 Å². The summed E-state index contributed by atoms with van der Waals surface area (Å²) >= 11 is 0. The van der Waals surface area contributed by atoms with Crippen molar-refractivity contribution in [2.24, 2.45) is 0 Å². The Hall–Kier alpha value is -3.49. The molecule has 1 N–H and O–H groups in total. The van der Waals surface area contributed by atoms with E-state index in [1.807, 2.05) is 6.92 Å². The minimum absolute atomic E-state index is 0.103. The van der Waals surface area contributed by atoms with Crippen LogP contribution in [0, 0.1) is 6.92 Å². The van der Waals surface area contributed by atoms with Gasteiger partial charge in [0.05, 0.1) is 7.11 Å². The molecule has 0 fully saturated rings. The van der Waals surface area contributed by atoms with Gasteiger partial charge in [-0.3, -0.25) is 4.79 Å². The van der Waals surface area contributed by atoms with E-state index in [1.165, 1.54) is 31.4 Å². The fourth-order valence-electron chi connectivity index (χ4n) is 3.32. The molecule has 1 heterocycles. The monoisotopic (exact) mass is 449 g/mol. The Morgan fingerprint density at radius 3 is 2.41 bits per heavy atom. The molecule has 0 spiro atoms. The topological polar surface area (TPSA) is 77.8 Å². The zero-order valence-corrected chi connectivity index (χ0v) is 17.5. The highest BCUT2D eigenvalue weighted by atomic mass is 19.4. The van der Waals surface area contributed by atoms with Gasteiger partial charge in [-0.25, -0.2) is 4.79 Å². The molecule has 0 atom stereocenters. The molecule has 170 valence electrons. The van der Waals surface area contributed by atoms with Gasteiger partial charge in [0.1, 0.15) is 17.1 Å². The number of carbonyl (C=O) groups is 1. The van der Waals surface area contributed by atoms with Gasteiger partial charge in [0.2, 0.25) is 5.91 Å². The lowest BCUT2D eigenvalue weighted by molar-refractivity contribution is -0.274. The number of carbonyl (C=O) groups excluding carboxylic acids is 1. The average Bonchev–Trinajstić information content (AvgIpc) is 2.73. The predicted octanol–water partition coefficient (Wildman–Crippen LogP) is 4.30. The number of nitrogens with one attached hydrogen (secondary N) is 1. The fraction of sp³-hybridized carbons (Fsp3) is 0.304. The molecule has 3 aromatic rings. The lowest BCUT2D eigenvalue weighted by atomic mass is 10.0. The van der Waals surface area contributed by atoms with Gasteiger partial charge < -0.3 is 19.2 Å². The van der Waals surface area contributed by atoms with Crippen LogP contribution in [0.4, 0.5) is 13.2 Å². The standard InChI is InChI=1S/C23H22F3NO5/c1-14-18-8-7-17(30-2)13-20(18)31-22(29)19(14)9-10-21(28)27-12-11-15-3-5-16(6-4-15)32-23(24,25)26/h3-8,13H,9-12H2,1-2H3,(H,27,28). The molecule has 0 aliphatic rings. The highest BCUT2D eigenvalue weighted by Gasteiger charge is 2.30. The molecule has 6 nitrogen and oxygen atoms in total. The zero-order valence-electron chi connectivity index (χ0n) is 17.5. The maximum Gasteiger partial charge on any atom is 0.573 e. The normalized spacial score (nSPS) is 11.4. The van der Waals surface area contributed by atoms with Crippen molar-refractivity contribution < 1.29 is 31.9 Å². The van der Waals surface area contributed by atoms with Gasteiger partial charge in [-0.2, -0.15) is 0 Å². The van der Waals surface area contributed by atoms with E-state index in [-0.39, 0.29) is 24.5 Å². The summed E-state index contributed by atoms with van der Waals surface area (Å²) in [6.07, 6.45) is -3.96. The van der Waals surface area contributed by atoms with Gasteiger partial charge in [-0.1, -0.05) is 12.1 Å². The molecule has 0 aliphatic heterocycles. The maximum absolute atomic E-state index is 12.4. The fourth-order valence-corrected chi connectivity index (χ4v) is 3.32. The van der Waals surface area contributed by atoms with Crippen LogP contribution in [0.25, 0.3) is 11.0 Å². The Kier molecular flexibility index (Phi) is 7.07. The summed E-state index contributed by atoms with van der Waals surface area (Å²) in [5, 5.41) is 3.52. The van der Waals surface area contributed by atoms with E-state index in [0.717, 1.165) is 16.5 Å². The van der Waals surface area contributed by atoms with Crippen LogP contribution in [0.5, 0.6) is 11.5 Å². The Labute approximate surface area is 181 Å². The van der Waals surface area contributed by atoms with E-state index in [2.05, 4.69) is 10.1 Å². The SMILES string of the molecule is COc1ccc2c(C)c(CCC(=O)NCCc3ccc(OC(F)(F)F)cc3)c(=O)oc2c1. The Morgan fingerprint density at radius 1 is 1.06 bits per heavy atom. The summed E-state index contributed by atoms with van der Waals surface area (Å²) in [5.74, 6) is 0.0404. The quantitative estimate of drug-likeness (QED) is 0.519. The molecule has 0 unspecified atom stereocenters. The van der Waals surface area contributed by atoms with E-state index < -0.39 is 12.0 Å². The number of hydrogen-bond acceptors (Lipinski definition) is 5. The van der Waals surface area contributed by atoms with E-state index in [1.54, 1.807) is 18.2 Å². The van der Waals surface area contributed by atoms with Crippen LogP contribution in [0.2, 0.25) is 0 Å². The van der Waals surface area contributed by atoms with Gasteiger partial charge in [0, 0.05) is 30.0 Å². The minimum atomic E-state index is -4.73. The van der Waals surface area contributed by atoms with Gasteiger partial charge in [-0.05, 0) is 55.2 Å². The number of ether oxygens (including phenoxy) is 2. The van der Waals surface area contributed by atoms with Crippen molar-refractivity contribution in [2.75, 3.05) is 13.7 Å².